The van der Waals surface area contributed by atoms with Gasteiger partial charge >= 0.3 is 6.18 Å². The lowest BCUT2D eigenvalue weighted by Crippen LogP contribution is -2.19. The van der Waals surface area contributed by atoms with Crippen molar-refractivity contribution in [2.75, 3.05) is 10.6 Å². The minimum atomic E-state index is -4.37. The van der Waals surface area contributed by atoms with Crippen molar-refractivity contribution < 1.29 is 13.2 Å². The molecule has 0 spiro atoms. The van der Waals surface area contributed by atoms with Crippen LogP contribution < -0.4 is 10.6 Å². The van der Waals surface area contributed by atoms with E-state index >= 15 is 0 Å². The third-order valence-electron chi connectivity index (χ3n) is 3.48. The first-order valence-corrected chi connectivity index (χ1v) is 8.13. The highest BCUT2D eigenvalue weighted by Gasteiger charge is 2.30. The lowest BCUT2D eigenvalue weighted by Gasteiger charge is -2.13. The first-order valence-electron chi connectivity index (χ1n) is 7.72. The van der Waals surface area contributed by atoms with Crippen LogP contribution in [-0.2, 0) is 12.6 Å². The Bertz CT molecular complexity index is 681. The number of thiocarbonyl (C=S) groups is 1. The van der Waals surface area contributed by atoms with Crippen LogP contribution in [0.5, 0.6) is 0 Å². The van der Waals surface area contributed by atoms with Gasteiger partial charge in [-0.25, -0.2) is 0 Å². The molecule has 0 aliphatic rings. The van der Waals surface area contributed by atoms with Crippen molar-refractivity contribution in [2.24, 2.45) is 0 Å². The van der Waals surface area contributed by atoms with Gasteiger partial charge in [0.05, 0.1) is 5.56 Å². The zero-order valence-corrected chi connectivity index (χ0v) is 14.1. The fourth-order valence-electron chi connectivity index (χ4n) is 2.20. The maximum atomic E-state index is 12.7. The van der Waals surface area contributed by atoms with Crippen LogP contribution in [0.4, 0.5) is 24.5 Å². The summed E-state index contributed by atoms with van der Waals surface area (Å²) in [5.74, 6) is 0. The normalized spacial score (nSPS) is 11.2. The molecule has 2 aromatic carbocycles. The van der Waals surface area contributed by atoms with Crippen LogP contribution in [0.25, 0.3) is 0 Å². The molecule has 0 radical (unpaired) electrons. The Hall–Kier alpha value is -2.08. The van der Waals surface area contributed by atoms with Crippen molar-refractivity contribution in [3.05, 3.63) is 59.7 Å². The summed E-state index contributed by atoms with van der Waals surface area (Å²) >= 11 is 5.15. The number of anilines is 2. The van der Waals surface area contributed by atoms with Gasteiger partial charge in [-0.05, 0) is 61.0 Å². The Morgan fingerprint density at radius 2 is 1.67 bits per heavy atom. The van der Waals surface area contributed by atoms with E-state index in [1.54, 1.807) is 0 Å². The molecular formula is C18H19F3N2S. The minimum absolute atomic E-state index is 0.246. The number of aryl methyl sites for hydroxylation is 1. The molecule has 2 rings (SSSR count). The van der Waals surface area contributed by atoms with E-state index in [0.29, 0.717) is 5.69 Å². The molecule has 0 heterocycles. The standard InChI is InChI=1S/C18H19F3N2S/c1-2-3-5-13-8-10-15(11-9-13)22-17(24)23-16-7-4-6-14(12-16)18(19,20)21/h4,6-12H,2-3,5H2,1H3,(H2,22,23,24). The highest BCUT2D eigenvalue weighted by atomic mass is 32.1. The van der Waals surface area contributed by atoms with Crippen molar-refractivity contribution in [2.45, 2.75) is 32.4 Å². The van der Waals surface area contributed by atoms with E-state index < -0.39 is 11.7 Å². The van der Waals surface area contributed by atoms with Gasteiger partial charge < -0.3 is 10.6 Å². The lowest BCUT2D eigenvalue weighted by molar-refractivity contribution is -0.137. The number of nitrogens with one attached hydrogen (secondary N) is 2. The molecule has 0 fully saturated rings. The van der Waals surface area contributed by atoms with Gasteiger partial charge in [0.2, 0.25) is 0 Å². The molecule has 0 atom stereocenters. The molecule has 128 valence electrons. The maximum Gasteiger partial charge on any atom is 0.416 e. The minimum Gasteiger partial charge on any atom is -0.332 e. The summed E-state index contributed by atoms with van der Waals surface area (Å²) in [6, 6.07) is 12.8. The lowest BCUT2D eigenvalue weighted by atomic mass is 10.1. The molecule has 0 bridgehead atoms. The fraction of sp³-hybridized carbons (Fsp3) is 0.278. The summed E-state index contributed by atoms with van der Waals surface area (Å²) in [6.45, 7) is 2.15. The maximum absolute atomic E-state index is 12.7. The largest absolute Gasteiger partial charge is 0.416 e. The van der Waals surface area contributed by atoms with Crippen LogP contribution >= 0.6 is 12.2 Å². The van der Waals surface area contributed by atoms with Crippen molar-refractivity contribution >= 4 is 28.7 Å². The first kappa shape index (κ1) is 18.3. The number of hydrogen-bond acceptors (Lipinski definition) is 1. The van der Waals surface area contributed by atoms with Crippen molar-refractivity contribution in [1.82, 2.24) is 0 Å². The van der Waals surface area contributed by atoms with E-state index in [1.807, 2.05) is 24.3 Å². The molecule has 0 aliphatic carbocycles. The van der Waals surface area contributed by atoms with Crippen molar-refractivity contribution in [3.8, 4) is 0 Å². The average Bonchev–Trinajstić information content (AvgIpc) is 2.53. The molecule has 0 amide bonds. The Kier molecular flexibility index (Phi) is 6.20. The second-order valence-electron chi connectivity index (χ2n) is 5.46. The molecule has 2 aromatic rings. The second kappa shape index (κ2) is 8.15. The quantitative estimate of drug-likeness (QED) is 0.659. The third kappa shape index (κ3) is 5.53. The fourth-order valence-corrected chi connectivity index (χ4v) is 2.44. The Balaban J connectivity index is 1.96. The van der Waals surface area contributed by atoms with Crippen LogP contribution in [0.2, 0.25) is 0 Å². The van der Waals surface area contributed by atoms with E-state index in [1.165, 1.54) is 17.7 Å². The number of benzene rings is 2. The predicted octanol–water partition coefficient (Wildman–Crippen LogP) is 5.86. The monoisotopic (exact) mass is 352 g/mol. The van der Waals surface area contributed by atoms with Crippen molar-refractivity contribution in [3.63, 3.8) is 0 Å². The topological polar surface area (TPSA) is 24.1 Å². The zero-order valence-electron chi connectivity index (χ0n) is 13.3. The molecule has 24 heavy (non-hydrogen) atoms. The summed E-state index contributed by atoms with van der Waals surface area (Å²) in [5, 5.41) is 5.99. The van der Waals surface area contributed by atoms with Crippen LogP contribution in [0, 0.1) is 0 Å². The van der Waals surface area contributed by atoms with Gasteiger partial charge in [-0.2, -0.15) is 13.2 Å². The van der Waals surface area contributed by atoms with Crippen LogP contribution in [-0.4, -0.2) is 5.11 Å². The van der Waals surface area contributed by atoms with Crippen LogP contribution in [0.15, 0.2) is 48.5 Å². The SMILES string of the molecule is CCCCc1ccc(NC(=S)Nc2cccc(C(F)(F)F)c2)cc1. The van der Waals surface area contributed by atoms with Crippen LogP contribution in [0.3, 0.4) is 0 Å². The summed E-state index contributed by atoms with van der Waals surface area (Å²) in [6.07, 6.45) is -1.06. The van der Waals surface area contributed by atoms with E-state index in [-0.39, 0.29) is 5.11 Å². The summed E-state index contributed by atoms with van der Waals surface area (Å²) in [7, 11) is 0. The van der Waals surface area contributed by atoms with Gasteiger partial charge in [-0.1, -0.05) is 31.5 Å². The van der Waals surface area contributed by atoms with Gasteiger partial charge in [0.15, 0.2) is 5.11 Å². The summed E-state index contributed by atoms with van der Waals surface area (Å²) in [5.41, 5.74) is 1.62. The van der Waals surface area contributed by atoms with E-state index in [9.17, 15) is 13.2 Å². The molecule has 0 saturated carbocycles. The molecule has 0 aromatic heterocycles. The molecule has 6 heteroatoms. The molecule has 2 nitrogen and oxygen atoms in total. The number of hydrogen-bond donors (Lipinski definition) is 2. The highest BCUT2D eigenvalue weighted by Crippen LogP contribution is 2.30. The molecule has 0 aliphatic heterocycles. The molecular weight excluding hydrogens is 333 g/mol. The Labute approximate surface area is 145 Å². The number of unbranched alkanes of at least 4 members (excludes halogenated alkanes) is 1. The van der Waals surface area contributed by atoms with E-state index in [0.717, 1.165) is 37.1 Å². The highest BCUT2D eigenvalue weighted by molar-refractivity contribution is 7.80. The second-order valence-corrected chi connectivity index (χ2v) is 5.87. The van der Waals surface area contributed by atoms with Gasteiger partial charge in [-0.3, -0.25) is 0 Å². The molecule has 2 N–H and O–H groups in total. The van der Waals surface area contributed by atoms with Crippen molar-refractivity contribution in [1.29, 1.82) is 0 Å². The number of rotatable bonds is 5. The first-order chi connectivity index (χ1) is 11.4. The van der Waals surface area contributed by atoms with Gasteiger partial charge in [-0.15, -0.1) is 0 Å². The third-order valence-corrected chi connectivity index (χ3v) is 3.68. The van der Waals surface area contributed by atoms with Gasteiger partial charge in [0.25, 0.3) is 0 Å². The van der Waals surface area contributed by atoms with E-state index in [2.05, 4.69) is 17.6 Å². The van der Waals surface area contributed by atoms with Gasteiger partial charge in [0.1, 0.15) is 0 Å². The van der Waals surface area contributed by atoms with Gasteiger partial charge in [0, 0.05) is 11.4 Å². The zero-order chi connectivity index (χ0) is 17.6. The Morgan fingerprint density at radius 3 is 2.29 bits per heavy atom. The Morgan fingerprint density at radius 1 is 1.00 bits per heavy atom. The summed E-state index contributed by atoms with van der Waals surface area (Å²) < 4.78 is 38.1. The van der Waals surface area contributed by atoms with Crippen LogP contribution in [0.1, 0.15) is 30.9 Å². The smallest absolute Gasteiger partial charge is 0.332 e. The predicted molar refractivity (Wildman–Crippen MR) is 96.3 cm³/mol. The number of alkyl halides is 3. The molecule has 0 saturated heterocycles. The number of halogens is 3. The summed E-state index contributed by atoms with van der Waals surface area (Å²) in [4.78, 5) is 0. The average molecular weight is 352 g/mol. The van der Waals surface area contributed by atoms with E-state index in [4.69, 9.17) is 12.2 Å². The molecule has 0 unspecified atom stereocenters.